The molecule has 1 amide bonds. The van der Waals surface area contributed by atoms with Gasteiger partial charge in [0.25, 0.3) is 5.56 Å². The van der Waals surface area contributed by atoms with Crippen LogP contribution in [0.2, 0.25) is 5.02 Å². The number of hydrogen-bond donors (Lipinski definition) is 2. The van der Waals surface area contributed by atoms with Crippen molar-refractivity contribution in [2.75, 3.05) is 0 Å². The maximum atomic E-state index is 12.2. The summed E-state index contributed by atoms with van der Waals surface area (Å²) in [5, 5.41) is 12.1. The van der Waals surface area contributed by atoms with E-state index in [0.29, 0.717) is 10.6 Å². The number of carboxylic acid groups (broad SMARTS) is 1. The number of carboxylic acids is 1. The van der Waals surface area contributed by atoms with Gasteiger partial charge in [0, 0.05) is 24.3 Å². The molecule has 0 aliphatic rings. The van der Waals surface area contributed by atoms with Crippen molar-refractivity contribution in [3.63, 3.8) is 0 Å². The van der Waals surface area contributed by atoms with Crippen molar-refractivity contribution in [1.29, 1.82) is 0 Å². The zero-order chi connectivity index (χ0) is 18.6. The summed E-state index contributed by atoms with van der Waals surface area (Å²) < 4.78 is 1.94. The van der Waals surface area contributed by atoms with E-state index in [2.05, 4.69) is 5.32 Å². The standard InChI is InChI=1S/C16H16ClN3O5/c1-19-14(22)6-7-20(16(19)25)9-13(21)18-12(8-15(23)24)10-2-4-11(17)5-3-10/h2-7,12H,8-9H2,1H3,(H,18,21)(H,23,24)/t12-/m0/s1. The van der Waals surface area contributed by atoms with Crippen LogP contribution in [0.25, 0.3) is 0 Å². The zero-order valence-electron chi connectivity index (χ0n) is 13.3. The molecule has 0 fully saturated rings. The largest absolute Gasteiger partial charge is 0.481 e. The highest BCUT2D eigenvalue weighted by Gasteiger charge is 2.18. The van der Waals surface area contributed by atoms with Gasteiger partial charge in [-0.3, -0.25) is 23.5 Å². The Kier molecular flexibility index (Phi) is 5.76. The van der Waals surface area contributed by atoms with Crippen molar-refractivity contribution in [2.45, 2.75) is 19.0 Å². The van der Waals surface area contributed by atoms with Crippen LogP contribution in [0.4, 0.5) is 0 Å². The fraction of sp³-hybridized carbons (Fsp3) is 0.250. The zero-order valence-corrected chi connectivity index (χ0v) is 14.1. The lowest BCUT2D eigenvalue weighted by molar-refractivity contribution is -0.137. The summed E-state index contributed by atoms with van der Waals surface area (Å²) in [6.07, 6.45) is 0.897. The molecule has 0 aliphatic heterocycles. The molecule has 1 aromatic heterocycles. The van der Waals surface area contributed by atoms with Gasteiger partial charge in [0.05, 0.1) is 12.5 Å². The summed E-state index contributed by atoms with van der Waals surface area (Å²) in [6.45, 7) is -0.337. The molecule has 0 aliphatic carbocycles. The molecule has 1 aromatic carbocycles. The Labute approximate surface area is 147 Å². The topological polar surface area (TPSA) is 110 Å². The van der Waals surface area contributed by atoms with Crippen LogP contribution >= 0.6 is 11.6 Å². The maximum absolute atomic E-state index is 12.2. The molecular formula is C16H16ClN3O5. The van der Waals surface area contributed by atoms with Gasteiger partial charge in [0.1, 0.15) is 6.54 Å². The third kappa shape index (κ3) is 4.80. The molecule has 0 spiro atoms. The van der Waals surface area contributed by atoms with Gasteiger partial charge in [-0.05, 0) is 17.7 Å². The molecule has 0 saturated carbocycles. The smallest absolute Gasteiger partial charge is 0.331 e. The molecular weight excluding hydrogens is 350 g/mol. The van der Waals surface area contributed by atoms with E-state index in [-0.39, 0.29) is 13.0 Å². The number of benzene rings is 1. The lowest BCUT2D eigenvalue weighted by atomic mass is 10.0. The van der Waals surface area contributed by atoms with Gasteiger partial charge in [-0.25, -0.2) is 4.79 Å². The monoisotopic (exact) mass is 365 g/mol. The summed E-state index contributed by atoms with van der Waals surface area (Å²) in [5.41, 5.74) is -0.538. The minimum absolute atomic E-state index is 0.324. The number of hydrogen-bond acceptors (Lipinski definition) is 4. The van der Waals surface area contributed by atoms with E-state index in [0.717, 1.165) is 9.13 Å². The molecule has 1 heterocycles. The molecule has 2 N–H and O–H groups in total. The first-order valence-corrected chi connectivity index (χ1v) is 7.69. The molecule has 2 rings (SSSR count). The van der Waals surface area contributed by atoms with Crippen LogP contribution in [0, 0.1) is 0 Å². The summed E-state index contributed by atoms with van der Waals surface area (Å²) >= 11 is 5.81. The number of aromatic nitrogens is 2. The molecule has 0 saturated heterocycles. The Hall–Kier alpha value is -2.87. The van der Waals surface area contributed by atoms with Crippen molar-refractivity contribution >= 4 is 23.5 Å². The van der Waals surface area contributed by atoms with Crippen LogP contribution in [0.3, 0.4) is 0 Å². The molecule has 25 heavy (non-hydrogen) atoms. The molecule has 0 radical (unpaired) electrons. The van der Waals surface area contributed by atoms with Crippen LogP contribution in [-0.4, -0.2) is 26.1 Å². The third-order valence-electron chi connectivity index (χ3n) is 3.56. The van der Waals surface area contributed by atoms with Crippen molar-refractivity contribution in [2.24, 2.45) is 7.05 Å². The minimum Gasteiger partial charge on any atom is -0.481 e. The molecule has 132 valence electrons. The quantitative estimate of drug-likeness (QED) is 0.776. The van der Waals surface area contributed by atoms with Crippen molar-refractivity contribution in [3.8, 4) is 0 Å². The van der Waals surface area contributed by atoms with Crippen LogP contribution in [-0.2, 0) is 23.2 Å². The maximum Gasteiger partial charge on any atom is 0.331 e. The molecule has 2 aromatic rings. The first-order chi connectivity index (χ1) is 11.8. The number of nitrogens with zero attached hydrogens (tertiary/aromatic N) is 2. The van der Waals surface area contributed by atoms with E-state index in [1.165, 1.54) is 19.3 Å². The highest BCUT2D eigenvalue weighted by molar-refractivity contribution is 6.30. The number of nitrogens with one attached hydrogen (secondary N) is 1. The third-order valence-corrected chi connectivity index (χ3v) is 3.81. The fourth-order valence-electron chi connectivity index (χ4n) is 2.25. The second-order valence-corrected chi connectivity index (χ2v) is 5.83. The summed E-state index contributed by atoms with van der Waals surface area (Å²) in [6, 6.07) is 6.82. The average molecular weight is 366 g/mol. The lowest BCUT2D eigenvalue weighted by Gasteiger charge is -2.18. The van der Waals surface area contributed by atoms with E-state index >= 15 is 0 Å². The number of carbonyl (C=O) groups is 2. The summed E-state index contributed by atoms with van der Waals surface area (Å²) in [5.74, 6) is -1.64. The molecule has 8 nitrogen and oxygen atoms in total. The molecule has 9 heteroatoms. The van der Waals surface area contributed by atoms with Crippen molar-refractivity contribution in [1.82, 2.24) is 14.5 Å². The number of carbonyl (C=O) groups excluding carboxylic acids is 1. The number of aliphatic carboxylic acids is 1. The Morgan fingerprint density at radius 1 is 1.20 bits per heavy atom. The molecule has 1 atom stereocenters. The summed E-state index contributed by atoms with van der Waals surface area (Å²) in [4.78, 5) is 46.6. The average Bonchev–Trinajstić information content (AvgIpc) is 2.55. The Morgan fingerprint density at radius 3 is 2.44 bits per heavy atom. The second kappa shape index (κ2) is 7.80. The molecule has 0 bridgehead atoms. The molecule has 0 unspecified atom stereocenters. The number of amides is 1. The van der Waals surface area contributed by atoms with Gasteiger partial charge in [-0.2, -0.15) is 0 Å². The van der Waals surface area contributed by atoms with E-state index in [1.54, 1.807) is 24.3 Å². The predicted octanol–water partition coefficient (Wildman–Crippen LogP) is 0.533. The van der Waals surface area contributed by atoms with Crippen LogP contribution in [0.5, 0.6) is 0 Å². The highest BCUT2D eigenvalue weighted by atomic mass is 35.5. The van der Waals surface area contributed by atoms with E-state index in [1.807, 2.05) is 0 Å². The van der Waals surface area contributed by atoms with Crippen molar-refractivity contribution in [3.05, 3.63) is 68.0 Å². The SMILES string of the molecule is Cn1c(=O)ccn(CC(=O)N[C@@H](CC(=O)O)c2ccc(Cl)cc2)c1=O. The van der Waals surface area contributed by atoms with Gasteiger partial charge in [0.15, 0.2) is 0 Å². The van der Waals surface area contributed by atoms with Crippen molar-refractivity contribution < 1.29 is 14.7 Å². The van der Waals surface area contributed by atoms with Gasteiger partial charge < -0.3 is 10.4 Å². The predicted molar refractivity (Wildman–Crippen MR) is 90.5 cm³/mol. The van der Waals surface area contributed by atoms with Crippen LogP contribution in [0.1, 0.15) is 18.0 Å². The lowest BCUT2D eigenvalue weighted by Crippen LogP contribution is -2.41. The Bertz CT molecular complexity index is 901. The first-order valence-electron chi connectivity index (χ1n) is 7.31. The van der Waals surface area contributed by atoms with Gasteiger partial charge in [-0.15, -0.1) is 0 Å². The Morgan fingerprint density at radius 2 is 1.84 bits per heavy atom. The second-order valence-electron chi connectivity index (χ2n) is 5.39. The van der Waals surface area contributed by atoms with E-state index < -0.39 is 29.2 Å². The number of rotatable bonds is 6. The van der Waals surface area contributed by atoms with E-state index in [9.17, 15) is 19.2 Å². The normalized spacial score (nSPS) is 11.8. The van der Waals surface area contributed by atoms with Gasteiger partial charge in [-0.1, -0.05) is 23.7 Å². The van der Waals surface area contributed by atoms with E-state index in [4.69, 9.17) is 16.7 Å². The Balaban J connectivity index is 2.18. The van der Waals surface area contributed by atoms with Gasteiger partial charge >= 0.3 is 11.7 Å². The number of halogens is 1. The van der Waals surface area contributed by atoms with Crippen LogP contribution < -0.4 is 16.6 Å². The van der Waals surface area contributed by atoms with Gasteiger partial charge in [0.2, 0.25) is 5.91 Å². The first kappa shape index (κ1) is 18.5. The highest BCUT2D eigenvalue weighted by Crippen LogP contribution is 2.19. The minimum atomic E-state index is -1.08. The fourth-order valence-corrected chi connectivity index (χ4v) is 2.38. The van der Waals surface area contributed by atoms with Crippen LogP contribution in [0.15, 0.2) is 46.1 Å². The summed E-state index contributed by atoms with van der Waals surface area (Å²) in [7, 11) is 1.31.